The third-order valence-electron chi connectivity index (χ3n) is 4.02. The van der Waals surface area contributed by atoms with Crippen molar-refractivity contribution >= 4 is 17.3 Å². The monoisotopic (exact) mass is 363 g/mol. The highest BCUT2D eigenvalue weighted by atomic mass is 16.5. The van der Waals surface area contributed by atoms with E-state index in [0.717, 1.165) is 17.0 Å². The zero-order valence-corrected chi connectivity index (χ0v) is 15.2. The number of carbonyl (C=O) groups excluding carboxylic acids is 1. The fourth-order valence-corrected chi connectivity index (χ4v) is 2.65. The molecule has 3 aromatic rings. The van der Waals surface area contributed by atoms with Gasteiger partial charge in [-0.15, -0.1) is 0 Å². The molecule has 0 aliphatic rings. The molecule has 2 aromatic carbocycles. The second-order valence-electron chi connectivity index (χ2n) is 5.75. The van der Waals surface area contributed by atoms with E-state index in [1.807, 2.05) is 42.5 Å². The predicted molar refractivity (Wildman–Crippen MR) is 106 cm³/mol. The number of para-hydroxylation sites is 3. The molecule has 0 radical (unpaired) electrons. The number of amides is 1. The third-order valence-corrected chi connectivity index (χ3v) is 4.02. The number of ether oxygens (including phenoxy) is 2. The molecule has 1 aromatic heterocycles. The van der Waals surface area contributed by atoms with Crippen molar-refractivity contribution in [2.24, 2.45) is 0 Å². The largest absolute Gasteiger partial charge is 0.496 e. The fraction of sp³-hybridized carbons (Fsp3) is 0.143. The van der Waals surface area contributed by atoms with Crippen LogP contribution < -0.4 is 20.1 Å². The number of benzene rings is 2. The van der Waals surface area contributed by atoms with Crippen LogP contribution >= 0.6 is 0 Å². The Morgan fingerprint density at radius 3 is 2.44 bits per heavy atom. The topological polar surface area (TPSA) is 72.5 Å². The summed E-state index contributed by atoms with van der Waals surface area (Å²) in [6.07, 6.45) is 1.60. The number of hydrogen-bond acceptors (Lipinski definition) is 5. The molecule has 0 unspecified atom stereocenters. The summed E-state index contributed by atoms with van der Waals surface area (Å²) in [6.45, 7) is 0.571. The molecule has 6 nitrogen and oxygen atoms in total. The number of rotatable bonds is 7. The smallest absolute Gasteiger partial charge is 0.274 e. The molecule has 1 amide bonds. The summed E-state index contributed by atoms with van der Waals surface area (Å²) in [5, 5.41) is 6.12. The minimum atomic E-state index is -0.305. The number of hydrogen-bond donors (Lipinski definition) is 2. The van der Waals surface area contributed by atoms with Crippen LogP contribution in [0.5, 0.6) is 11.5 Å². The van der Waals surface area contributed by atoms with E-state index < -0.39 is 0 Å². The Labute approximate surface area is 158 Å². The van der Waals surface area contributed by atoms with Crippen molar-refractivity contribution in [3.63, 3.8) is 0 Å². The van der Waals surface area contributed by atoms with E-state index in [9.17, 15) is 4.79 Å². The minimum Gasteiger partial charge on any atom is -0.496 e. The molecule has 0 aliphatic heterocycles. The van der Waals surface area contributed by atoms with Crippen molar-refractivity contribution in [1.29, 1.82) is 0 Å². The maximum absolute atomic E-state index is 12.5. The Morgan fingerprint density at radius 1 is 0.963 bits per heavy atom. The third kappa shape index (κ3) is 4.55. The highest BCUT2D eigenvalue weighted by Crippen LogP contribution is 2.24. The van der Waals surface area contributed by atoms with Crippen molar-refractivity contribution in [3.05, 3.63) is 78.1 Å². The molecular formula is C21H21N3O3. The van der Waals surface area contributed by atoms with Crippen molar-refractivity contribution < 1.29 is 14.3 Å². The summed E-state index contributed by atoms with van der Waals surface area (Å²) in [5.41, 5.74) is 2.73. The molecule has 0 fully saturated rings. The summed E-state index contributed by atoms with van der Waals surface area (Å²) in [5.74, 6) is 1.10. The molecule has 6 heteroatoms. The van der Waals surface area contributed by atoms with E-state index in [4.69, 9.17) is 9.47 Å². The number of nitrogens with zero attached hydrogens (tertiary/aromatic N) is 1. The minimum absolute atomic E-state index is 0.305. The van der Waals surface area contributed by atoms with Crippen LogP contribution in [0.4, 0.5) is 11.4 Å². The molecule has 0 bridgehead atoms. The summed E-state index contributed by atoms with van der Waals surface area (Å²) < 4.78 is 10.6. The molecular weight excluding hydrogens is 342 g/mol. The summed E-state index contributed by atoms with van der Waals surface area (Å²) in [4.78, 5) is 16.7. The van der Waals surface area contributed by atoms with Gasteiger partial charge in [-0.1, -0.05) is 30.3 Å². The van der Waals surface area contributed by atoms with E-state index in [-0.39, 0.29) is 5.91 Å². The van der Waals surface area contributed by atoms with Crippen LogP contribution in [0.25, 0.3) is 0 Å². The zero-order valence-electron chi connectivity index (χ0n) is 15.2. The van der Waals surface area contributed by atoms with Gasteiger partial charge in [0.2, 0.25) is 0 Å². The van der Waals surface area contributed by atoms with Crippen LogP contribution in [-0.4, -0.2) is 25.1 Å². The molecule has 0 saturated heterocycles. The normalized spacial score (nSPS) is 10.1. The number of aromatic nitrogens is 1. The summed E-state index contributed by atoms with van der Waals surface area (Å²) in [6, 6.07) is 18.5. The van der Waals surface area contributed by atoms with Gasteiger partial charge in [0, 0.05) is 24.0 Å². The van der Waals surface area contributed by atoms with Crippen LogP contribution in [0.3, 0.4) is 0 Å². The van der Waals surface area contributed by atoms with Gasteiger partial charge in [-0.2, -0.15) is 0 Å². The number of anilines is 2. The molecule has 27 heavy (non-hydrogen) atoms. The van der Waals surface area contributed by atoms with Gasteiger partial charge in [0.1, 0.15) is 17.2 Å². The summed E-state index contributed by atoms with van der Waals surface area (Å²) >= 11 is 0. The average Bonchev–Trinajstić information content (AvgIpc) is 2.73. The van der Waals surface area contributed by atoms with Gasteiger partial charge in [0.05, 0.1) is 19.9 Å². The van der Waals surface area contributed by atoms with Crippen molar-refractivity contribution in [1.82, 2.24) is 4.98 Å². The van der Waals surface area contributed by atoms with Crippen LogP contribution in [-0.2, 0) is 6.54 Å². The second kappa shape index (κ2) is 8.71. The first-order valence-corrected chi connectivity index (χ1v) is 8.47. The lowest BCUT2D eigenvalue weighted by molar-refractivity contribution is 0.102. The first kappa shape index (κ1) is 18.3. The van der Waals surface area contributed by atoms with Crippen LogP contribution in [0.1, 0.15) is 16.1 Å². The molecule has 0 atom stereocenters. The molecule has 0 saturated carbocycles. The number of nitrogens with one attached hydrogen (secondary N) is 2. The SMILES string of the molecule is COc1ccccc1CNc1ccnc(C(=O)Nc2ccccc2OC)c1. The Morgan fingerprint density at radius 2 is 1.67 bits per heavy atom. The summed E-state index contributed by atoms with van der Waals surface area (Å²) in [7, 11) is 3.21. The van der Waals surface area contributed by atoms with Gasteiger partial charge in [-0.3, -0.25) is 9.78 Å². The van der Waals surface area contributed by atoms with Crippen LogP contribution in [0, 0.1) is 0 Å². The van der Waals surface area contributed by atoms with Crippen LogP contribution in [0.2, 0.25) is 0 Å². The number of pyridine rings is 1. The highest BCUT2D eigenvalue weighted by Gasteiger charge is 2.11. The average molecular weight is 363 g/mol. The first-order chi connectivity index (χ1) is 13.2. The van der Waals surface area contributed by atoms with Crippen LogP contribution in [0.15, 0.2) is 66.9 Å². The molecule has 0 spiro atoms. The van der Waals surface area contributed by atoms with E-state index >= 15 is 0 Å². The van der Waals surface area contributed by atoms with E-state index in [0.29, 0.717) is 23.7 Å². The molecule has 1 heterocycles. The molecule has 0 aliphatic carbocycles. The van der Waals surface area contributed by atoms with Gasteiger partial charge in [-0.05, 0) is 30.3 Å². The lowest BCUT2D eigenvalue weighted by atomic mass is 10.2. The van der Waals surface area contributed by atoms with Gasteiger partial charge < -0.3 is 20.1 Å². The van der Waals surface area contributed by atoms with E-state index in [1.54, 1.807) is 38.6 Å². The van der Waals surface area contributed by atoms with Gasteiger partial charge in [-0.25, -0.2) is 0 Å². The molecule has 3 rings (SSSR count). The lowest BCUT2D eigenvalue weighted by Gasteiger charge is -2.12. The Bertz CT molecular complexity index is 928. The number of carbonyl (C=O) groups is 1. The molecule has 2 N–H and O–H groups in total. The Hall–Kier alpha value is -3.54. The quantitative estimate of drug-likeness (QED) is 0.665. The lowest BCUT2D eigenvalue weighted by Crippen LogP contribution is -2.14. The van der Waals surface area contributed by atoms with E-state index in [2.05, 4.69) is 15.6 Å². The maximum Gasteiger partial charge on any atom is 0.274 e. The highest BCUT2D eigenvalue weighted by molar-refractivity contribution is 6.04. The van der Waals surface area contributed by atoms with E-state index in [1.165, 1.54) is 0 Å². The maximum atomic E-state index is 12.5. The first-order valence-electron chi connectivity index (χ1n) is 8.47. The fourth-order valence-electron chi connectivity index (χ4n) is 2.65. The Kier molecular flexibility index (Phi) is 5.89. The predicted octanol–water partition coefficient (Wildman–Crippen LogP) is 3.96. The van der Waals surface area contributed by atoms with Crippen molar-refractivity contribution in [3.8, 4) is 11.5 Å². The van der Waals surface area contributed by atoms with Crippen molar-refractivity contribution in [2.45, 2.75) is 6.54 Å². The van der Waals surface area contributed by atoms with Crippen molar-refractivity contribution in [2.75, 3.05) is 24.9 Å². The van der Waals surface area contributed by atoms with Gasteiger partial charge >= 0.3 is 0 Å². The second-order valence-corrected chi connectivity index (χ2v) is 5.75. The number of methoxy groups -OCH3 is 2. The zero-order chi connectivity index (χ0) is 19.1. The van der Waals surface area contributed by atoms with Gasteiger partial charge in [0.25, 0.3) is 5.91 Å². The van der Waals surface area contributed by atoms with Gasteiger partial charge in [0.15, 0.2) is 0 Å². The molecule has 138 valence electrons. The Balaban J connectivity index is 1.70. The standard InChI is InChI=1S/C21H21N3O3/c1-26-19-9-5-3-7-15(19)14-23-16-11-12-22-18(13-16)21(25)24-17-8-4-6-10-20(17)27-2/h3-13H,14H2,1-2H3,(H,22,23)(H,24,25).